The van der Waals surface area contributed by atoms with Gasteiger partial charge in [0, 0.05) is 18.6 Å². The number of ketones is 1. The van der Waals surface area contributed by atoms with Gasteiger partial charge < -0.3 is 20.5 Å². The van der Waals surface area contributed by atoms with Gasteiger partial charge in [0.1, 0.15) is 12.6 Å². The van der Waals surface area contributed by atoms with Crippen LogP contribution in [0, 0.1) is 6.92 Å². The molecule has 3 N–H and O–H groups in total. The average Bonchev–Trinajstić information content (AvgIpc) is 2.66. The minimum atomic E-state index is -0.726. The maximum Gasteiger partial charge on any atom is 0.246 e. The molecule has 0 aliphatic rings. The molecule has 1 aromatic rings. The standard InChI is InChI=1S/C21H32N2O5/c1-3-27-13-14-28-15-20(25)23-18(21(22)26)7-5-4-6-8-19(24)17-11-9-16(2)10-12-17/h9-12,18H,3-8,13-15H2,1-2H3,(H2,22,26)(H,23,25)/t18-/m0/s1. The number of benzene rings is 1. The lowest BCUT2D eigenvalue weighted by atomic mass is 10.0. The lowest BCUT2D eigenvalue weighted by Gasteiger charge is -2.15. The Balaban J connectivity index is 2.22. The Morgan fingerprint density at radius 2 is 1.71 bits per heavy atom. The van der Waals surface area contributed by atoms with Crippen molar-refractivity contribution < 1.29 is 23.9 Å². The first kappa shape index (κ1) is 23.8. The van der Waals surface area contributed by atoms with Gasteiger partial charge in [0.05, 0.1) is 13.2 Å². The van der Waals surface area contributed by atoms with Gasteiger partial charge in [-0.3, -0.25) is 14.4 Å². The Kier molecular flexibility index (Phi) is 11.8. The number of primary amides is 1. The van der Waals surface area contributed by atoms with E-state index >= 15 is 0 Å². The predicted octanol–water partition coefficient (Wildman–Crippen LogP) is 2.15. The Morgan fingerprint density at radius 1 is 1.04 bits per heavy atom. The summed E-state index contributed by atoms with van der Waals surface area (Å²) in [5, 5.41) is 2.59. The summed E-state index contributed by atoms with van der Waals surface area (Å²) in [5.74, 6) is -0.836. The van der Waals surface area contributed by atoms with E-state index in [0.29, 0.717) is 39.1 Å². The third-order valence-electron chi connectivity index (χ3n) is 4.26. The van der Waals surface area contributed by atoms with Gasteiger partial charge in [-0.25, -0.2) is 0 Å². The van der Waals surface area contributed by atoms with Gasteiger partial charge in [0.25, 0.3) is 0 Å². The van der Waals surface area contributed by atoms with Crippen molar-refractivity contribution in [1.82, 2.24) is 5.32 Å². The van der Waals surface area contributed by atoms with E-state index in [2.05, 4.69) is 5.32 Å². The van der Waals surface area contributed by atoms with Crippen LogP contribution < -0.4 is 11.1 Å². The molecule has 0 aliphatic carbocycles. The lowest BCUT2D eigenvalue weighted by molar-refractivity contribution is -0.130. The zero-order valence-electron chi connectivity index (χ0n) is 16.9. The van der Waals surface area contributed by atoms with Crippen LogP contribution in [0.4, 0.5) is 0 Å². The molecule has 0 spiro atoms. The number of nitrogens with two attached hydrogens (primary N) is 1. The number of Topliss-reactive ketones (excluding diaryl/α,β-unsaturated/α-hetero) is 1. The Hall–Kier alpha value is -2.25. The highest BCUT2D eigenvalue weighted by molar-refractivity contribution is 5.96. The molecule has 0 saturated carbocycles. The zero-order valence-corrected chi connectivity index (χ0v) is 16.9. The first-order chi connectivity index (χ1) is 13.4. The molecule has 0 aliphatic heterocycles. The molecule has 1 rings (SSSR count). The van der Waals surface area contributed by atoms with Gasteiger partial charge in [0.15, 0.2) is 5.78 Å². The quantitative estimate of drug-likeness (QED) is 0.351. The number of nitrogens with one attached hydrogen (secondary N) is 1. The monoisotopic (exact) mass is 392 g/mol. The normalized spacial score (nSPS) is 11.8. The Morgan fingerprint density at radius 3 is 2.36 bits per heavy atom. The van der Waals surface area contributed by atoms with Crippen LogP contribution in [0.25, 0.3) is 0 Å². The summed E-state index contributed by atoms with van der Waals surface area (Å²) in [6.07, 6.45) is 3.11. The van der Waals surface area contributed by atoms with Crippen LogP contribution in [0.1, 0.15) is 54.9 Å². The van der Waals surface area contributed by atoms with Crippen LogP contribution in [0.15, 0.2) is 24.3 Å². The van der Waals surface area contributed by atoms with E-state index in [1.54, 1.807) is 0 Å². The van der Waals surface area contributed by atoms with Crippen LogP contribution >= 0.6 is 0 Å². The number of carbonyl (C=O) groups excluding carboxylic acids is 3. The van der Waals surface area contributed by atoms with Crippen molar-refractivity contribution in [2.24, 2.45) is 5.73 Å². The van der Waals surface area contributed by atoms with Crippen LogP contribution in [0.3, 0.4) is 0 Å². The third-order valence-corrected chi connectivity index (χ3v) is 4.26. The van der Waals surface area contributed by atoms with E-state index in [0.717, 1.165) is 24.0 Å². The van der Waals surface area contributed by atoms with Crippen LogP contribution in [0.2, 0.25) is 0 Å². The minimum absolute atomic E-state index is 0.115. The Labute approximate surface area is 167 Å². The fraction of sp³-hybridized carbons (Fsp3) is 0.571. The first-order valence-corrected chi connectivity index (χ1v) is 9.78. The molecular weight excluding hydrogens is 360 g/mol. The molecule has 0 fully saturated rings. The average molecular weight is 392 g/mol. The molecule has 7 heteroatoms. The second-order valence-electron chi connectivity index (χ2n) is 6.66. The van der Waals surface area contributed by atoms with Gasteiger partial charge in [-0.1, -0.05) is 42.7 Å². The number of hydrogen-bond acceptors (Lipinski definition) is 5. The molecule has 0 saturated heterocycles. The summed E-state index contributed by atoms with van der Waals surface area (Å²) in [6, 6.07) is 6.80. The number of carbonyl (C=O) groups is 3. The molecule has 1 atom stereocenters. The molecule has 0 bridgehead atoms. The van der Waals surface area contributed by atoms with E-state index < -0.39 is 11.9 Å². The van der Waals surface area contributed by atoms with E-state index in [1.807, 2.05) is 38.1 Å². The lowest BCUT2D eigenvalue weighted by Crippen LogP contribution is -2.45. The predicted molar refractivity (Wildman–Crippen MR) is 107 cm³/mol. The number of ether oxygens (including phenoxy) is 2. The van der Waals surface area contributed by atoms with Gasteiger partial charge in [0.2, 0.25) is 11.8 Å². The summed E-state index contributed by atoms with van der Waals surface area (Å²) in [7, 11) is 0. The van der Waals surface area contributed by atoms with E-state index in [-0.39, 0.29) is 18.3 Å². The fourth-order valence-corrected chi connectivity index (χ4v) is 2.64. The van der Waals surface area contributed by atoms with Gasteiger partial charge >= 0.3 is 0 Å². The summed E-state index contributed by atoms with van der Waals surface area (Å²) in [4.78, 5) is 35.5. The molecule has 1 aromatic carbocycles. The molecule has 28 heavy (non-hydrogen) atoms. The highest BCUT2D eigenvalue weighted by Crippen LogP contribution is 2.11. The number of rotatable bonds is 15. The second kappa shape index (κ2) is 13.8. The minimum Gasteiger partial charge on any atom is -0.379 e. The van der Waals surface area contributed by atoms with Gasteiger partial charge in [-0.2, -0.15) is 0 Å². The van der Waals surface area contributed by atoms with Gasteiger partial charge in [-0.15, -0.1) is 0 Å². The molecular formula is C21H32N2O5. The molecule has 0 aromatic heterocycles. The first-order valence-electron chi connectivity index (χ1n) is 9.78. The third kappa shape index (κ3) is 10.2. The smallest absolute Gasteiger partial charge is 0.246 e. The number of aryl methyl sites for hydroxylation is 1. The van der Waals surface area contributed by atoms with E-state index in [9.17, 15) is 14.4 Å². The van der Waals surface area contributed by atoms with Crippen molar-refractivity contribution in [3.63, 3.8) is 0 Å². The molecule has 0 heterocycles. The maximum absolute atomic E-state index is 12.1. The van der Waals surface area contributed by atoms with Crippen molar-refractivity contribution in [3.8, 4) is 0 Å². The summed E-state index contributed by atoms with van der Waals surface area (Å²) >= 11 is 0. The molecule has 0 radical (unpaired) electrons. The van der Waals surface area contributed by atoms with Crippen molar-refractivity contribution in [2.45, 2.75) is 52.0 Å². The van der Waals surface area contributed by atoms with Crippen LogP contribution in [0.5, 0.6) is 0 Å². The fourth-order valence-electron chi connectivity index (χ4n) is 2.64. The molecule has 156 valence electrons. The maximum atomic E-state index is 12.1. The summed E-state index contributed by atoms with van der Waals surface area (Å²) in [5.41, 5.74) is 7.20. The SMILES string of the molecule is CCOCCOCC(=O)N[C@@H](CCCCCC(=O)c1ccc(C)cc1)C(N)=O. The number of hydrogen-bond donors (Lipinski definition) is 2. The zero-order chi connectivity index (χ0) is 20.8. The van der Waals surface area contributed by atoms with Crippen molar-refractivity contribution in [3.05, 3.63) is 35.4 Å². The summed E-state index contributed by atoms with van der Waals surface area (Å²) < 4.78 is 10.3. The highest BCUT2D eigenvalue weighted by atomic mass is 16.5. The largest absolute Gasteiger partial charge is 0.379 e. The molecule has 2 amide bonds. The highest BCUT2D eigenvalue weighted by Gasteiger charge is 2.17. The topological polar surface area (TPSA) is 108 Å². The van der Waals surface area contributed by atoms with Crippen molar-refractivity contribution in [1.29, 1.82) is 0 Å². The van der Waals surface area contributed by atoms with E-state index in [4.69, 9.17) is 15.2 Å². The molecule has 0 unspecified atom stereocenters. The summed E-state index contributed by atoms with van der Waals surface area (Å²) in [6.45, 7) is 5.05. The Bertz CT molecular complexity index is 616. The van der Waals surface area contributed by atoms with Crippen LogP contribution in [-0.2, 0) is 19.1 Å². The van der Waals surface area contributed by atoms with Crippen molar-refractivity contribution >= 4 is 17.6 Å². The van der Waals surface area contributed by atoms with Crippen LogP contribution in [-0.4, -0.2) is 50.1 Å². The molecule has 7 nitrogen and oxygen atoms in total. The second-order valence-corrected chi connectivity index (χ2v) is 6.66. The van der Waals surface area contributed by atoms with Crippen molar-refractivity contribution in [2.75, 3.05) is 26.4 Å². The van der Waals surface area contributed by atoms with E-state index in [1.165, 1.54) is 0 Å². The number of amides is 2. The number of unbranched alkanes of at least 4 members (excludes halogenated alkanes) is 2. The van der Waals surface area contributed by atoms with Gasteiger partial charge in [-0.05, 0) is 26.7 Å².